The molecule has 1 heterocycles. The topological polar surface area (TPSA) is 19.7 Å². The van der Waals surface area contributed by atoms with Crippen molar-refractivity contribution >= 4 is 11.8 Å². The molecule has 0 aliphatic heterocycles. The molecule has 0 saturated heterocycles. The number of thioether (sulfide) groups is 1. The van der Waals surface area contributed by atoms with Crippen molar-refractivity contribution in [1.82, 2.24) is 4.98 Å². The number of hydrogen-bond donors (Lipinski definition) is 1. The first kappa shape index (κ1) is 12.6. The highest BCUT2D eigenvalue weighted by molar-refractivity contribution is 7.99. The van der Waals surface area contributed by atoms with Gasteiger partial charge in [0.15, 0.2) is 0 Å². The number of hydrogen-bond acceptors (Lipinski definition) is 1. The molecule has 0 aliphatic carbocycles. The van der Waals surface area contributed by atoms with Gasteiger partial charge in [-0.05, 0) is 18.6 Å². The largest absolute Gasteiger partial charge is 0.254 e. The van der Waals surface area contributed by atoms with Crippen molar-refractivity contribution in [3.05, 3.63) is 18.2 Å². The van der Waals surface area contributed by atoms with Crippen LogP contribution in [0.25, 0.3) is 0 Å². The van der Waals surface area contributed by atoms with Crippen LogP contribution in [0.5, 0.6) is 0 Å². The van der Waals surface area contributed by atoms with E-state index in [9.17, 15) is 0 Å². The number of unbranched alkanes of at least 4 members (excludes halogenated alkanes) is 1. The fourth-order valence-electron chi connectivity index (χ4n) is 1.58. The Balaban J connectivity index is 2.29. The van der Waals surface area contributed by atoms with Crippen LogP contribution in [-0.2, 0) is 13.0 Å². The molecule has 15 heavy (non-hydrogen) atoms. The van der Waals surface area contributed by atoms with Crippen LogP contribution < -0.4 is 4.57 Å². The molecule has 1 rings (SSSR count). The van der Waals surface area contributed by atoms with Crippen molar-refractivity contribution in [2.45, 2.75) is 46.1 Å². The quantitative estimate of drug-likeness (QED) is 0.535. The van der Waals surface area contributed by atoms with Crippen LogP contribution >= 0.6 is 11.8 Å². The number of aryl methyl sites for hydroxylation is 2. The molecular formula is C12H23N2S+. The molecular weight excluding hydrogens is 204 g/mol. The fourth-order valence-corrected chi connectivity index (χ4v) is 2.39. The average Bonchev–Trinajstić information content (AvgIpc) is 2.69. The van der Waals surface area contributed by atoms with Crippen molar-refractivity contribution in [2.75, 3.05) is 11.5 Å². The molecule has 86 valence electrons. The Morgan fingerprint density at radius 1 is 1.27 bits per heavy atom. The number of nitrogens with one attached hydrogen (secondary N) is 1. The zero-order chi connectivity index (χ0) is 10.9. The minimum atomic E-state index is 1.15. The van der Waals surface area contributed by atoms with E-state index in [0.717, 1.165) is 6.54 Å². The van der Waals surface area contributed by atoms with Crippen LogP contribution in [0.3, 0.4) is 0 Å². The molecule has 1 N–H and O–H groups in total. The summed E-state index contributed by atoms with van der Waals surface area (Å²) >= 11 is 2.05. The summed E-state index contributed by atoms with van der Waals surface area (Å²) in [6.07, 6.45) is 9.23. The summed E-state index contributed by atoms with van der Waals surface area (Å²) in [5, 5.41) is 0. The molecule has 0 saturated carbocycles. The van der Waals surface area contributed by atoms with E-state index in [-0.39, 0.29) is 0 Å². The molecule has 0 aliphatic rings. The van der Waals surface area contributed by atoms with Gasteiger partial charge in [0.2, 0.25) is 0 Å². The zero-order valence-electron chi connectivity index (χ0n) is 9.96. The predicted octanol–water partition coefficient (Wildman–Crippen LogP) is 2.79. The first-order valence-corrected chi connectivity index (χ1v) is 7.17. The summed E-state index contributed by atoms with van der Waals surface area (Å²) in [5.41, 5.74) is 0. The summed E-state index contributed by atoms with van der Waals surface area (Å²) in [6, 6.07) is 0. The van der Waals surface area contributed by atoms with Gasteiger partial charge in [0.25, 0.3) is 5.82 Å². The maximum Gasteiger partial charge on any atom is 0.254 e. The number of nitrogens with zero attached hydrogens (tertiary/aromatic N) is 1. The summed E-state index contributed by atoms with van der Waals surface area (Å²) < 4.78 is 2.36. The fraction of sp³-hybridized carbons (Fsp3) is 0.750. The molecule has 1 aromatic heterocycles. The van der Waals surface area contributed by atoms with Gasteiger partial charge in [0, 0.05) is 12.2 Å². The number of H-pyrrole nitrogens is 1. The van der Waals surface area contributed by atoms with Gasteiger partial charge in [-0.1, -0.05) is 20.3 Å². The van der Waals surface area contributed by atoms with Gasteiger partial charge < -0.3 is 0 Å². The molecule has 3 heteroatoms. The second-order valence-electron chi connectivity index (χ2n) is 3.82. The summed E-state index contributed by atoms with van der Waals surface area (Å²) in [7, 11) is 0. The summed E-state index contributed by atoms with van der Waals surface area (Å²) in [5.74, 6) is 3.90. The highest BCUT2D eigenvalue weighted by atomic mass is 32.2. The number of aromatic amines is 1. The first-order chi connectivity index (χ1) is 7.38. The van der Waals surface area contributed by atoms with Gasteiger partial charge >= 0.3 is 0 Å². The summed E-state index contributed by atoms with van der Waals surface area (Å²) in [4.78, 5) is 3.34. The molecule has 0 spiro atoms. The van der Waals surface area contributed by atoms with E-state index < -0.39 is 0 Å². The maximum absolute atomic E-state index is 3.34. The Morgan fingerprint density at radius 2 is 2.13 bits per heavy atom. The Morgan fingerprint density at radius 3 is 2.87 bits per heavy atom. The second-order valence-corrected chi connectivity index (χ2v) is 5.04. The van der Waals surface area contributed by atoms with Crippen molar-refractivity contribution in [2.24, 2.45) is 0 Å². The van der Waals surface area contributed by atoms with Crippen molar-refractivity contribution < 1.29 is 4.57 Å². The minimum absolute atomic E-state index is 1.15. The maximum atomic E-state index is 3.34. The third-order valence-electron chi connectivity index (χ3n) is 2.44. The standard InChI is InChI=1S/C12H22N2S/c1-3-5-6-12-13-7-8-14(12)9-11-15-10-4-2/h7-8H,3-6,9-11H2,1-2H3/p+1. The van der Waals surface area contributed by atoms with Crippen LogP contribution in [0, 0.1) is 0 Å². The van der Waals surface area contributed by atoms with Crippen LogP contribution in [0.15, 0.2) is 12.4 Å². The lowest BCUT2D eigenvalue weighted by atomic mass is 10.2. The summed E-state index contributed by atoms with van der Waals surface area (Å²) in [6.45, 7) is 5.63. The van der Waals surface area contributed by atoms with E-state index in [0.29, 0.717) is 0 Å². The lowest BCUT2D eigenvalue weighted by Gasteiger charge is -2.00. The molecule has 0 atom stereocenters. The van der Waals surface area contributed by atoms with Crippen LogP contribution in [0.1, 0.15) is 38.9 Å². The van der Waals surface area contributed by atoms with Crippen molar-refractivity contribution in [3.8, 4) is 0 Å². The van der Waals surface area contributed by atoms with E-state index in [1.165, 1.54) is 43.0 Å². The van der Waals surface area contributed by atoms with Crippen molar-refractivity contribution in [1.29, 1.82) is 0 Å². The number of imidazole rings is 1. The van der Waals surface area contributed by atoms with E-state index in [1.807, 2.05) is 11.8 Å². The molecule has 1 aromatic rings. The van der Waals surface area contributed by atoms with Crippen LogP contribution in [0.4, 0.5) is 0 Å². The molecule has 0 aromatic carbocycles. The Kier molecular flexibility index (Phi) is 6.57. The van der Waals surface area contributed by atoms with Gasteiger partial charge in [-0.15, -0.1) is 0 Å². The average molecular weight is 227 g/mol. The Hall–Kier alpha value is -0.440. The third-order valence-corrected chi connectivity index (χ3v) is 3.61. The lowest BCUT2D eigenvalue weighted by Crippen LogP contribution is -2.37. The predicted molar refractivity (Wildman–Crippen MR) is 67.2 cm³/mol. The SMILES string of the molecule is CCCCc1[nH]cc[n+]1CCSCCC. The smallest absolute Gasteiger partial charge is 0.248 e. The Labute approximate surface area is 97.5 Å². The lowest BCUT2D eigenvalue weighted by molar-refractivity contribution is -0.698. The van der Waals surface area contributed by atoms with E-state index in [1.54, 1.807) is 0 Å². The van der Waals surface area contributed by atoms with Crippen LogP contribution in [-0.4, -0.2) is 16.5 Å². The van der Waals surface area contributed by atoms with E-state index >= 15 is 0 Å². The number of rotatable bonds is 8. The second kappa shape index (κ2) is 7.80. The van der Waals surface area contributed by atoms with Gasteiger partial charge in [-0.2, -0.15) is 11.8 Å². The molecule has 0 bridgehead atoms. The van der Waals surface area contributed by atoms with E-state index in [4.69, 9.17) is 0 Å². The normalized spacial score (nSPS) is 10.8. The van der Waals surface area contributed by atoms with Crippen LogP contribution in [0.2, 0.25) is 0 Å². The van der Waals surface area contributed by atoms with Gasteiger partial charge in [-0.25, -0.2) is 9.55 Å². The zero-order valence-corrected chi connectivity index (χ0v) is 10.8. The first-order valence-electron chi connectivity index (χ1n) is 6.02. The molecule has 0 amide bonds. The van der Waals surface area contributed by atoms with Crippen molar-refractivity contribution in [3.63, 3.8) is 0 Å². The highest BCUT2D eigenvalue weighted by Gasteiger charge is 2.08. The minimum Gasteiger partial charge on any atom is -0.248 e. The van der Waals surface area contributed by atoms with Gasteiger partial charge in [0.05, 0.1) is 6.54 Å². The third kappa shape index (κ3) is 4.74. The van der Waals surface area contributed by atoms with Gasteiger partial charge in [-0.3, -0.25) is 0 Å². The Bertz CT molecular complexity index is 258. The highest BCUT2D eigenvalue weighted by Crippen LogP contribution is 2.02. The number of aromatic nitrogens is 2. The van der Waals surface area contributed by atoms with E-state index in [2.05, 4.69) is 35.8 Å². The molecule has 0 unspecified atom stereocenters. The monoisotopic (exact) mass is 227 g/mol. The molecule has 0 fully saturated rings. The molecule has 2 nitrogen and oxygen atoms in total. The van der Waals surface area contributed by atoms with Gasteiger partial charge in [0.1, 0.15) is 12.4 Å². The molecule has 0 radical (unpaired) electrons.